The molecule has 1 aromatic carbocycles. The first-order valence-corrected chi connectivity index (χ1v) is 7.21. The van der Waals surface area contributed by atoms with Crippen LogP contribution in [-0.2, 0) is 11.2 Å². The van der Waals surface area contributed by atoms with Gasteiger partial charge in [-0.05, 0) is 37.3 Å². The highest BCUT2D eigenvalue weighted by Gasteiger charge is 2.30. The van der Waals surface area contributed by atoms with Gasteiger partial charge in [-0.2, -0.15) is 0 Å². The Labute approximate surface area is 116 Å². The monoisotopic (exact) mass is 260 g/mol. The maximum atomic E-state index is 12.3. The summed E-state index contributed by atoms with van der Waals surface area (Å²) in [4.78, 5) is 14.1. The normalized spacial score (nSPS) is 22.4. The molecule has 3 nitrogen and oxygen atoms in total. The molecule has 1 aliphatic rings. The standard InChI is InChI=1S/C16H24N2O/c1-13-10-11-17-15(13)16(19)18(2)12-6-9-14-7-4-3-5-8-14/h3-5,7-8,13,15,17H,6,9-12H2,1-2H3. The molecule has 1 aliphatic heterocycles. The zero-order chi connectivity index (χ0) is 13.7. The molecule has 104 valence electrons. The van der Waals surface area contributed by atoms with Gasteiger partial charge in [0.15, 0.2) is 0 Å². The summed E-state index contributed by atoms with van der Waals surface area (Å²) < 4.78 is 0. The third kappa shape index (κ3) is 3.80. The van der Waals surface area contributed by atoms with Gasteiger partial charge in [-0.3, -0.25) is 4.79 Å². The lowest BCUT2D eigenvalue weighted by Crippen LogP contribution is -2.44. The Balaban J connectivity index is 1.75. The van der Waals surface area contributed by atoms with E-state index < -0.39 is 0 Å². The number of benzene rings is 1. The SMILES string of the molecule is CC1CCNC1C(=O)N(C)CCCc1ccccc1. The zero-order valence-corrected chi connectivity index (χ0v) is 11.9. The van der Waals surface area contributed by atoms with Gasteiger partial charge in [0.2, 0.25) is 5.91 Å². The highest BCUT2D eigenvalue weighted by Crippen LogP contribution is 2.16. The minimum atomic E-state index is 0.0294. The summed E-state index contributed by atoms with van der Waals surface area (Å²) in [6, 6.07) is 10.5. The number of carbonyl (C=O) groups excluding carboxylic acids is 1. The van der Waals surface area contributed by atoms with Gasteiger partial charge in [-0.15, -0.1) is 0 Å². The number of amides is 1. The molecule has 1 amide bonds. The number of nitrogens with zero attached hydrogens (tertiary/aromatic N) is 1. The summed E-state index contributed by atoms with van der Waals surface area (Å²) in [5, 5.41) is 3.30. The van der Waals surface area contributed by atoms with Gasteiger partial charge in [-0.25, -0.2) is 0 Å². The van der Waals surface area contributed by atoms with E-state index >= 15 is 0 Å². The number of rotatable bonds is 5. The maximum absolute atomic E-state index is 12.3. The first kappa shape index (κ1) is 14.1. The Morgan fingerprint density at radius 2 is 2.11 bits per heavy atom. The van der Waals surface area contributed by atoms with Crippen molar-refractivity contribution in [3.63, 3.8) is 0 Å². The maximum Gasteiger partial charge on any atom is 0.239 e. The van der Waals surface area contributed by atoms with E-state index in [2.05, 4.69) is 36.5 Å². The zero-order valence-electron chi connectivity index (χ0n) is 11.9. The van der Waals surface area contributed by atoms with E-state index in [1.807, 2.05) is 18.0 Å². The average Bonchev–Trinajstić information content (AvgIpc) is 2.85. The fourth-order valence-corrected chi connectivity index (χ4v) is 2.68. The van der Waals surface area contributed by atoms with Gasteiger partial charge in [0.05, 0.1) is 6.04 Å². The van der Waals surface area contributed by atoms with Gasteiger partial charge in [0.25, 0.3) is 0 Å². The van der Waals surface area contributed by atoms with E-state index in [1.54, 1.807) is 0 Å². The highest BCUT2D eigenvalue weighted by molar-refractivity contribution is 5.82. The molecule has 0 aromatic heterocycles. The van der Waals surface area contributed by atoms with Crippen molar-refractivity contribution >= 4 is 5.91 Å². The van der Waals surface area contributed by atoms with Crippen molar-refractivity contribution in [3.05, 3.63) is 35.9 Å². The molecular weight excluding hydrogens is 236 g/mol. The van der Waals surface area contributed by atoms with Gasteiger partial charge < -0.3 is 10.2 Å². The van der Waals surface area contributed by atoms with Gasteiger partial charge >= 0.3 is 0 Å². The predicted octanol–water partition coefficient (Wildman–Crippen LogP) is 2.08. The number of likely N-dealkylation sites (N-methyl/N-ethyl adjacent to an activating group) is 1. The second-order valence-electron chi connectivity index (χ2n) is 5.55. The molecule has 1 saturated heterocycles. The number of aryl methyl sites for hydroxylation is 1. The summed E-state index contributed by atoms with van der Waals surface area (Å²) in [5.41, 5.74) is 1.34. The second-order valence-corrected chi connectivity index (χ2v) is 5.55. The third-order valence-electron chi connectivity index (χ3n) is 3.98. The van der Waals surface area contributed by atoms with Crippen LogP contribution in [0.2, 0.25) is 0 Å². The van der Waals surface area contributed by atoms with Crippen molar-refractivity contribution in [3.8, 4) is 0 Å². The van der Waals surface area contributed by atoms with Crippen LogP contribution in [0.15, 0.2) is 30.3 Å². The minimum absolute atomic E-state index is 0.0294. The smallest absolute Gasteiger partial charge is 0.239 e. The molecule has 1 heterocycles. The van der Waals surface area contributed by atoms with Crippen LogP contribution in [0.1, 0.15) is 25.3 Å². The van der Waals surface area contributed by atoms with Crippen LogP contribution in [0.3, 0.4) is 0 Å². The van der Waals surface area contributed by atoms with Crippen LogP contribution in [0.4, 0.5) is 0 Å². The largest absolute Gasteiger partial charge is 0.344 e. The highest BCUT2D eigenvalue weighted by atomic mass is 16.2. The molecule has 3 heteroatoms. The van der Waals surface area contributed by atoms with Crippen molar-refractivity contribution in [2.75, 3.05) is 20.1 Å². The fraction of sp³-hybridized carbons (Fsp3) is 0.562. The molecule has 0 saturated carbocycles. The minimum Gasteiger partial charge on any atom is -0.344 e. The van der Waals surface area contributed by atoms with Gasteiger partial charge in [0, 0.05) is 13.6 Å². The molecule has 1 N–H and O–H groups in total. The van der Waals surface area contributed by atoms with E-state index in [1.165, 1.54) is 5.56 Å². The van der Waals surface area contributed by atoms with Crippen molar-refractivity contribution in [1.82, 2.24) is 10.2 Å². The fourth-order valence-electron chi connectivity index (χ4n) is 2.68. The summed E-state index contributed by atoms with van der Waals surface area (Å²) >= 11 is 0. The molecule has 19 heavy (non-hydrogen) atoms. The second kappa shape index (κ2) is 6.71. The molecule has 0 bridgehead atoms. The van der Waals surface area contributed by atoms with Crippen LogP contribution in [0.25, 0.3) is 0 Å². The lowest BCUT2D eigenvalue weighted by Gasteiger charge is -2.23. The molecule has 0 radical (unpaired) electrons. The Morgan fingerprint density at radius 1 is 1.37 bits per heavy atom. The van der Waals surface area contributed by atoms with Crippen molar-refractivity contribution in [2.45, 2.75) is 32.2 Å². The lowest BCUT2D eigenvalue weighted by molar-refractivity contribution is -0.132. The van der Waals surface area contributed by atoms with Crippen molar-refractivity contribution in [1.29, 1.82) is 0 Å². The number of carbonyl (C=O) groups is 1. The average molecular weight is 260 g/mol. The van der Waals surface area contributed by atoms with E-state index in [0.717, 1.165) is 32.4 Å². The molecule has 0 aliphatic carbocycles. The lowest BCUT2D eigenvalue weighted by atomic mass is 10.0. The summed E-state index contributed by atoms with van der Waals surface area (Å²) in [5.74, 6) is 0.710. The third-order valence-corrected chi connectivity index (χ3v) is 3.98. The molecular formula is C16H24N2O. The summed E-state index contributed by atoms with van der Waals surface area (Å²) in [7, 11) is 1.92. The Morgan fingerprint density at radius 3 is 2.74 bits per heavy atom. The molecule has 0 spiro atoms. The molecule has 2 rings (SSSR count). The van der Waals surface area contributed by atoms with Crippen LogP contribution in [0.5, 0.6) is 0 Å². The van der Waals surface area contributed by atoms with Crippen LogP contribution >= 0.6 is 0 Å². The van der Waals surface area contributed by atoms with E-state index in [4.69, 9.17) is 0 Å². The van der Waals surface area contributed by atoms with Crippen molar-refractivity contribution < 1.29 is 4.79 Å². The Kier molecular flexibility index (Phi) is 4.97. The number of hydrogen-bond donors (Lipinski definition) is 1. The Hall–Kier alpha value is -1.35. The molecule has 2 unspecified atom stereocenters. The van der Waals surface area contributed by atoms with Crippen LogP contribution in [0, 0.1) is 5.92 Å². The number of hydrogen-bond acceptors (Lipinski definition) is 2. The summed E-state index contributed by atoms with van der Waals surface area (Å²) in [6.07, 6.45) is 3.16. The van der Waals surface area contributed by atoms with Gasteiger partial charge in [-0.1, -0.05) is 37.3 Å². The first-order chi connectivity index (χ1) is 9.18. The molecule has 2 atom stereocenters. The van der Waals surface area contributed by atoms with Crippen LogP contribution in [-0.4, -0.2) is 37.0 Å². The first-order valence-electron chi connectivity index (χ1n) is 7.21. The molecule has 1 aromatic rings. The van der Waals surface area contributed by atoms with E-state index in [-0.39, 0.29) is 11.9 Å². The summed E-state index contributed by atoms with van der Waals surface area (Å²) in [6.45, 7) is 3.95. The quantitative estimate of drug-likeness (QED) is 0.879. The molecule has 1 fully saturated rings. The number of nitrogens with one attached hydrogen (secondary N) is 1. The van der Waals surface area contributed by atoms with E-state index in [0.29, 0.717) is 5.92 Å². The van der Waals surface area contributed by atoms with Crippen LogP contribution < -0.4 is 5.32 Å². The van der Waals surface area contributed by atoms with Crippen molar-refractivity contribution in [2.24, 2.45) is 5.92 Å². The topological polar surface area (TPSA) is 32.3 Å². The van der Waals surface area contributed by atoms with Gasteiger partial charge in [0.1, 0.15) is 0 Å². The Bertz CT molecular complexity index is 404. The predicted molar refractivity (Wildman–Crippen MR) is 78.0 cm³/mol. The van der Waals surface area contributed by atoms with E-state index in [9.17, 15) is 4.79 Å².